The van der Waals surface area contributed by atoms with Gasteiger partial charge in [0, 0.05) is 11.7 Å². The molecule has 8 nitrogen and oxygen atoms in total. The highest BCUT2D eigenvalue weighted by Gasteiger charge is 2.32. The third-order valence-electron chi connectivity index (χ3n) is 4.57. The van der Waals surface area contributed by atoms with Crippen molar-refractivity contribution >= 4 is 39.2 Å². The maximum atomic E-state index is 12.7. The van der Waals surface area contributed by atoms with Crippen molar-refractivity contribution in [3.8, 4) is 5.75 Å². The summed E-state index contributed by atoms with van der Waals surface area (Å²) in [5.74, 6) is -0.590. The van der Waals surface area contributed by atoms with Crippen LogP contribution in [0.2, 0.25) is 5.02 Å². The van der Waals surface area contributed by atoms with Crippen LogP contribution in [-0.2, 0) is 26.0 Å². The number of fused-ring (bicyclic) bond motifs is 1. The van der Waals surface area contributed by atoms with Gasteiger partial charge in [-0.15, -0.1) is 0 Å². The van der Waals surface area contributed by atoms with Gasteiger partial charge in [-0.2, -0.15) is 0 Å². The molecular weight excluding hydrogens is 420 g/mol. The van der Waals surface area contributed by atoms with Crippen LogP contribution in [0.25, 0.3) is 0 Å². The Morgan fingerprint density at radius 2 is 1.97 bits per heavy atom. The van der Waals surface area contributed by atoms with Crippen LogP contribution in [-0.4, -0.2) is 40.1 Å². The number of sulfonamides is 1. The number of halogens is 1. The van der Waals surface area contributed by atoms with Gasteiger partial charge in [-0.25, -0.2) is 18.4 Å². The molecule has 0 radical (unpaired) electrons. The zero-order valence-electron chi connectivity index (χ0n) is 15.7. The number of anilines is 1. The second-order valence-electron chi connectivity index (χ2n) is 6.58. The first kappa shape index (κ1) is 21.1. The minimum absolute atomic E-state index is 0.00600. The molecule has 2 N–H and O–H groups in total. The Morgan fingerprint density at radius 1 is 1.24 bits per heavy atom. The molecule has 0 aromatic heterocycles. The van der Waals surface area contributed by atoms with Gasteiger partial charge in [-0.05, 0) is 55.3 Å². The third-order valence-corrected chi connectivity index (χ3v) is 5.77. The van der Waals surface area contributed by atoms with Crippen LogP contribution >= 0.6 is 11.6 Å². The lowest BCUT2D eigenvalue weighted by molar-refractivity contribution is -0.120. The number of rotatable bonds is 5. The van der Waals surface area contributed by atoms with E-state index in [0.29, 0.717) is 12.1 Å². The lowest BCUT2D eigenvalue weighted by atomic mass is 10.1. The van der Waals surface area contributed by atoms with E-state index in [1.54, 1.807) is 11.0 Å². The number of hydrogen-bond donors (Lipinski definition) is 1. The maximum Gasteiger partial charge on any atom is 0.337 e. The van der Waals surface area contributed by atoms with Gasteiger partial charge in [0.25, 0.3) is 5.91 Å². The first-order chi connectivity index (χ1) is 13.6. The summed E-state index contributed by atoms with van der Waals surface area (Å²) in [6.07, 6.45) is 0.499. The molecule has 2 aromatic rings. The van der Waals surface area contributed by atoms with E-state index in [2.05, 4.69) is 4.74 Å². The fourth-order valence-electron chi connectivity index (χ4n) is 3.24. The molecule has 0 spiro atoms. The molecule has 0 saturated carbocycles. The highest BCUT2D eigenvalue weighted by atomic mass is 35.5. The van der Waals surface area contributed by atoms with Crippen LogP contribution < -0.4 is 14.8 Å². The smallest absolute Gasteiger partial charge is 0.337 e. The van der Waals surface area contributed by atoms with E-state index in [4.69, 9.17) is 21.5 Å². The van der Waals surface area contributed by atoms with Crippen LogP contribution in [0.4, 0.5) is 5.69 Å². The highest BCUT2D eigenvalue weighted by Crippen LogP contribution is 2.34. The Bertz CT molecular complexity index is 1090. The van der Waals surface area contributed by atoms with E-state index in [9.17, 15) is 18.0 Å². The van der Waals surface area contributed by atoms with E-state index in [-0.39, 0.29) is 39.8 Å². The summed E-state index contributed by atoms with van der Waals surface area (Å²) in [6, 6.07) is 8.62. The summed E-state index contributed by atoms with van der Waals surface area (Å²) < 4.78 is 33.2. The number of primary sulfonamides is 1. The second kappa shape index (κ2) is 8.02. The minimum Gasteiger partial charge on any atom is -0.482 e. The molecule has 1 atom stereocenters. The topological polar surface area (TPSA) is 116 Å². The summed E-state index contributed by atoms with van der Waals surface area (Å²) >= 11 is 6.12. The van der Waals surface area contributed by atoms with E-state index in [1.807, 2.05) is 6.92 Å². The molecule has 0 aliphatic carbocycles. The van der Waals surface area contributed by atoms with Crippen molar-refractivity contribution < 1.29 is 27.5 Å². The fraction of sp³-hybridized carbons (Fsp3) is 0.263. The first-order valence-electron chi connectivity index (χ1n) is 8.60. The Kier molecular flexibility index (Phi) is 5.83. The molecule has 2 aromatic carbocycles. The molecule has 154 valence electrons. The summed E-state index contributed by atoms with van der Waals surface area (Å²) in [6.45, 7) is 1.57. The van der Waals surface area contributed by atoms with Crippen LogP contribution in [0.5, 0.6) is 5.75 Å². The molecule has 1 aliphatic rings. The molecular formula is C19H19ClN2O6S. The molecule has 3 rings (SSSR count). The molecule has 1 amide bonds. The molecule has 1 unspecified atom stereocenters. The van der Waals surface area contributed by atoms with Gasteiger partial charge in [0.05, 0.1) is 22.6 Å². The average Bonchev–Trinajstić information content (AvgIpc) is 3.00. The van der Waals surface area contributed by atoms with Crippen LogP contribution in [0.3, 0.4) is 0 Å². The lowest BCUT2D eigenvalue weighted by Gasteiger charge is -2.23. The normalized spacial score (nSPS) is 15.7. The van der Waals surface area contributed by atoms with Gasteiger partial charge >= 0.3 is 5.97 Å². The SMILES string of the molecule is COC(=O)c1ccc(OCC(=O)N2c3ccc(S(N)(=O)=O)cc3CC2C)c(Cl)c1. The van der Waals surface area contributed by atoms with Crippen molar-refractivity contribution in [2.24, 2.45) is 5.14 Å². The third kappa shape index (κ3) is 4.36. The number of ether oxygens (including phenoxy) is 2. The van der Waals surface area contributed by atoms with Crippen molar-refractivity contribution in [1.29, 1.82) is 0 Å². The quantitative estimate of drug-likeness (QED) is 0.715. The van der Waals surface area contributed by atoms with Crippen molar-refractivity contribution in [3.05, 3.63) is 52.5 Å². The van der Waals surface area contributed by atoms with E-state index in [0.717, 1.165) is 5.56 Å². The van der Waals surface area contributed by atoms with Gasteiger partial charge in [-0.3, -0.25) is 4.79 Å². The van der Waals surface area contributed by atoms with E-state index < -0.39 is 16.0 Å². The number of hydrogen-bond acceptors (Lipinski definition) is 6. The van der Waals surface area contributed by atoms with Gasteiger partial charge in [0.15, 0.2) is 6.61 Å². The number of amides is 1. The molecule has 29 heavy (non-hydrogen) atoms. The van der Waals surface area contributed by atoms with Gasteiger partial charge < -0.3 is 14.4 Å². The van der Waals surface area contributed by atoms with Gasteiger partial charge in [0.2, 0.25) is 10.0 Å². The zero-order valence-corrected chi connectivity index (χ0v) is 17.3. The second-order valence-corrected chi connectivity index (χ2v) is 8.55. The highest BCUT2D eigenvalue weighted by molar-refractivity contribution is 7.89. The predicted octanol–water partition coefficient (Wildman–Crippen LogP) is 2.13. The molecule has 0 fully saturated rings. The summed E-state index contributed by atoms with van der Waals surface area (Å²) in [4.78, 5) is 25.8. The standard InChI is InChI=1S/C19H19ClN2O6S/c1-11-7-13-8-14(29(21,25)26)4-5-16(13)22(11)18(23)10-28-17-6-3-12(9-15(17)20)19(24)27-2/h3-6,8-9,11H,7,10H2,1-2H3,(H2,21,25,26). The summed E-state index contributed by atoms with van der Waals surface area (Å²) in [5, 5.41) is 5.35. The number of carbonyl (C=O) groups is 2. The van der Waals surface area contributed by atoms with E-state index in [1.165, 1.54) is 37.4 Å². The summed E-state index contributed by atoms with van der Waals surface area (Å²) in [5.41, 5.74) is 1.60. The minimum atomic E-state index is -3.82. The summed E-state index contributed by atoms with van der Waals surface area (Å²) in [7, 11) is -2.55. The van der Waals surface area contributed by atoms with Crippen molar-refractivity contribution in [3.63, 3.8) is 0 Å². The van der Waals surface area contributed by atoms with Gasteiger partial charge in [0.1, 0.15) is 5.75 Å². The average molecular weight is 439 g/mol. The number of nitrogens with zero attached hydrogens (tertiary/aromatic N) is 1. The first-order valence-corrected chi connectivity index (χ1v) is 10.5. The Morgan fingerprint density at radius 3 is 2.59 bits per heavy atom. The molecule has 0 saturated heterocycles. The number of methoxy groups -OCH3 is 1. The van der Waals surface area contributed by atoms with Crippen molar-refractivity contribution in [2.45, 2.75) is 24.3 Å². The predicted molar refractivity (Wildman–Crippen MR) is 107 cm³/mol. The van der Waals surface area contributed by atoms with Crippen molar-refractivity contribution in [2.75, 3.05) is 18.6 Å². The number of benzene rings is 2. The van der Waals surface area contributed by atoms with Crippen molar-refractivity contribution in [1.82, 2.24) is 0 Å². The molecule has 10 heteroatoms. The molecule has 1 heterocycles. The van der Waals surface area contributed by atoms with Crippen LogP contribution in [0.1, 0.15) is 22.8 Å². The van der Waals surface area contributed by atoms with Crippen LogP contribution in [0, 0.1) is 0 Å². The Hall–Kier alpha value is -2.62. The van der Waals surface area contributed by atoms with E-state index >= 15 is 0 Å². The largest absolute Gasteiger partial charge is 0.482 e. The maximum absolute atomic E-state index is 12.7. The number of carbonyl (C=O) groups excluding carboxylic acids is 2. The Labute approximate surface area is 173 Å². The molecule has 0 bridgehead atoms. The number of nitrogens with two attached hydrogens (primary N) is 1. The number of esters is 1. The lowest BCUT2D eigenvalue weighted by Crippen LogP contribution is -2.39. The monoisotopic (exact) mass is 438 g/mol. The fourth-order valence-corrected chi connectivity index (χ4v) is 4.04. The Balaban J connectivity index is 1.75. The zero-order chi connectivity index (χ0) is 21.3. The molecule has 1 aliphatic heterocycles. The van der Waals surface area contributed by atoms with Crippen LogP contribution in [0.15, 0.2) is 41.3 Å². The van der Waals surface area contributed by atoms with Gasteiger partial charge in [-0.1, -0.05) is 11.6 Å².